The van der Waals surface area contributed by atoms with E-state index < -0.39 is 0 Å². The van der Waals surface area contributed by atoms with Crippen molar-refractivity contribution in [3.63, 3.8) is 0 Å². The van der Waals surface area contributed by atoms with Gasteiger partial charge in [0.2, 0.25) is 0 Å². The van der Waals surface area contributed by atoms with Gasteiger partial charge in [-0.05, 0) is 17.7 Å². The summed E-state index contributed by atoms with van der Waals surface area (Å²) in [4.78, 5) is 8.63. The average Bonchev–Trinajstić information content (AvgIpc) is 3.00. The first-order chi connectivity index (χ1) is 9.90. The Bertz CT molecular complexity index is 689. The summed E-state index contributed by atoms with van der Waals surface area (Å²) in [6.45, 7) is 0. The monoisotopic (exact) mass is 263 g/mol. The molecule has 2 heterocycles. The lowest BCUT2D eigenvalue weighted by Gasteiger charge is -2.02. The molecule has 3 aromatic rings. The first kappa shape index (κ1) is 12.1. The van der Waals surface area contributed by atoms with Crippen LogP contribution in [0.1, 0.15) is 11.4 Å². The number of nitrogens with one attached hydrogen (secondary N) is 2. The summed E-state index contributed by atoms with van der Waals surface area (Å²) in [6, 6.07) is 13.7. The molecule has 1 aromatic carbocycles. The molecule has 0 aliphatic heterocycles. The Morgan fingerprint density at radius 2 is 1.85 bits per heavy atom. The molecule has 0 bridgehead atoms. The number of anilines is 2. The van der Waals surface area contributed by atoms with Gasteiger partial charge >= 0.3 is 0 Å². The summed E-state index contributed by atoms with van der Waals surface area (Å²) in [6.07, 6.45) is 7.26. The second-order valence-electron chi connectivity index (χ2n) is 4.14. The number of aromatic nitrogens is 4. The Morgan fingerprint density at radius 3 is 2.65 bits per heavy atom. The third-order valence-corrected chi connectivity index (χ3v) is 2.66. The number of aromatic amines is 1. The highest BCUT2D eigenvalue weighted by atomic mass is 15.2. The molecule has 2 N–H and O–H groups in total. The van der Waals surface area contributed by atoms with Gasteiger partial charge in [-0.25, -0.2) is 9.97 Å². The Morgan fingerprint density at radius 1 is 0.950 bits per heavy atom. The zero-order chi connectivity index (χ0) is 13.6. The van der Waals surface area contributed by atoms with E-state index in [0.29, 0.717) is 5.82 Å². The maximum absolute atomic E-state index is 4.41. The summed E-state index contributed by atoms with van der Waals surface area (Å²) in [5, 5.41) is 9.81. The molecule has 20 heavy (non-hydrogen) atoms. The van der Waals surface area contributed by atoms with E-state index in [9.17, 15) is 0 Å². The second kappa shape index (κ2) is 5.79. The van der Waals surface area contributed by atoms with E-state index in [1.54, 1.807) is 18.5 Å². The van der Waals surface area contributed by atoms with Crippen LogP contribution in [0.25, 0.3) is 12.2 Å². The molecule has 0 unspecified atom stereocenters. The number of hydrogen-bond donors (Lipinski definition) is 2. The van der Waals surface area contributed by atoms with Crippen molar-refractivity contribution in [3.05, 3.63) is 66.2 Å². The molecule has 0 saturated heterocycles. The van der Waals surface area contributed by atoms with Crippen LogP contribution in [0.5, 0.6) is 0 Å². The first-order valence-corrected chi connectivity index (χ1v) is 6.23. The molecule has 0 amide bonds. The van der Waals surface area contributed by atoms with Crippen LogP contribution in [-0.4, -0.2) is 20.2 Å². The molecule has 0 fully saturated rings. The van der Waals surface area contributed by atoms with Gasteiger partial charge in [0.1, 0.15) is 11.6 Å². The third-order valence-electron chi connectivity index (χ3n) is 2.66. The molecule has 5 nitrogen and oxygen atoms in total. The highest BCUT2D eigenvalue weighted by Gasteiger charge is 1.98. The fourth-order valence-corrected chi connectivity index (χ4v) is 1.72. The maximum atomic E-state index is 4.41. The Hall–Kier alpha value is -2.95. The lowest BCUT2D eigenvalue weighted by Crippen LogP contribution is -1.96. The molecule has 2 aromatic heterocycles. The zero-order valence-corrected chi connectivity index (χ0v) is 10.7. The number of hydrogen-bond acceptors (Lipinski definition) is 4. The Labute approximate surface area is 116 Å². The van der Waals surface area contributed by atoms with Crippen LogP contribution >= 0.6 is 0 Å². The molecule has 0 spiro atoms. The van der Waals surface area contributed by atoms with Gasteiger partial charge < -0.3 is 5.32 Å². The smallest absolute Gasteiger partial charge is 0.154 e. The van der Waals surface area contributed by atoms with Crippen molar-refractivity contribution < 1.29 is 0 Å². The van der Waals surface area contributed by atoms with Crippen LogP contribution in [0.4, 0.5) is 11.6 Å². The van der Waals surface area contributed by atoms with Crippen LogP contribution in [0.2, 0.25) is 0 Å². The van der Waals surface area contributed by atoms with Gasteiger partial charge in [0.15, 0.2) is 5.82 Å². The number of benzene rings is 1. The molecule has 0 atom stereocenters. The first-order valence-electron chi connectivity index (χ1n) is 6.23. The molecule has 0 radical (unpaired) electrons. The van der Waals surface area contributed by atoms with E-state index in [2.05, 4.69) is 25.5 Å². The number of nitrogens with zero attached hydrogens (tertiary/aromatic N) is 3. The molecule has 3 rings (SSSR count). The standard InChI is InChI=1S/C15H13N5/c1-2-4-12(5-3-1)6-7-13-16-10-8-14(18-13)19-15-9-11-17-20-15/h1-11H,(H2,16,17,18,19,20)/b7-6+. The minimum absolute atomic E-state index is 0.651. The minimum atomic E-state index is 0.651. The van der Waals surface area contributed by atoms with Crippen LogP contribution < -0.4 is 5.32 Å². The van der Waals surface area contributed by atoms with E-state index in [4.69, 9.17) is 0 Å². The van der Waals surface area contributed by atoms with Crippen molar-refractivity contribution in [2.75, 3.05) is 5.32 Å². The predicted octanol–water partition coefficient (Wildman–Crippen LogP) is 3.11. The second-order valence-corrected chi connectivity index (χ2v) is 4.14. The van der Waals surface area contributed by atoms with Crippen molar-refractivity contribution in [1.29, 1.82) is 0 Å². The van der Waals surface area contributed by atoms with Gasteiger partial charge in [-0.3, -0.25) is 5.10 Å². The molecule has 98 valence electrons. The van der Waals surface area contributed by atoms with Crippen molar-refractivity contribution in [1.82, 2.24) is 20.2 Å². The normalized spacial score (nSPS) is 10.8. The molecule has 0 aliphatic rings. The fourth-order valence-electron chi connectivity index (χ4n) is 1.72. The lowest BCUT2D eigenvalue weighted by atomic mass is 10.2. The predicted molar refractivity (Wildman–Crippen MR) is 79.3 cm³/mol. The maximum Gasteiger partial charge on any atom is 0.154 e. The quantitative estimate of drug-likeness (QED) is 0.759. The molecular weight excluding hydrogens is 250 g/mol. The Kier molecular flexibility index (Phi) is 3.51. The van der Waals surface area contributed by atoms with Gasteiger partial charge in [-0.15, -0.1) is 0 Å². The van der Waals surface area contributed by atoms with Gasteiger partial charge in [-0.2, -0.15) is 5.10 Å². The van der Waals surface area contributed by atoms with E-state index in [1.165, 1.54) is 0 Å². The van der Waals surface area contributed by atoms with Gasteiger partial charge in [-0.1, -0.05) is 36.4 Å². The largest absolute Gasteiger partial charge is 0.325 e. The summed E-state index contributed by atoms with van der Waals surface area (Å²) in [7, 11) is 0. The van der Waals surface area contributed by atoms with E-state index in [1.807, 2.05) is 48.6 Å². The van der Waals surface area contributed by atoms with Crippen LogP contribution in [0, 0.1) is 0 Å². The SMILES string of the molecule is C(=C\c1nccc(Nc2ccn[nH]2)n1)/c1ccccc1. The fraction of sp³-hybridized carbons (Fsp3) is 0. The molecular formula is C15H13N5. The third kappa shape index (κ3) is 3.08. The number of rotatable bonds is 4. The average molecular weight is 263 g/mol. The summed E-state index contributed by atoms with van der Waals surface area (Å²) in [5.41, 5.74) is 1.11. The van der Waals surface area contributed by atoms with Gasteiger partial charge in [0, 0.05) is 12.3 Å². The molecule has 0 saturated carbocycles. The van der Waals surface area contributed by atoms with Crippen molar-refractivity contribution in [2.24, 2.45) is 0 Å². The highest BCUT2D eigenvalue weighted by molar-refractivity contribution is 5.67. The molecule has 0 aliphatic carbocycles. The zero-order valence-electron chi connectivity index (χ0n) is 10.7. The summed E-state index contributed by atoms with van der Waals surface area (Å²) < 4.78 is 0. The van der Waals surface area contributed by atoms with Gasteiger partial charge in [0.05, 0.1) is 6.20 Å². The topological polar surface area (TPSA) is 66.5 Å². The van der Waals surface area contributed by atoms with E-state index >= 15 is 0 Å². The summed E-state index contributed by atoms with van der Waals surface area (Å²) in [5.74, 6) is 2.16. The van der Waals surface area contributed by atoms with Crippen LogP contribution in [0.3, 0.4) is 0 Å². The van der Waals surface area contributed by atoms with Crippen molar-refractivity contribution in [3.8, 4) is 0 Å². The lowest BCUT2D eigenvalue weighted by molar-refractivity contribution is 1.08. The van der Waals surface area contributed by atoms with E-state index in [-0.39, 0.29) is 0 Å². The van der Waals surface area contributed by atoms with Crippen molar-refractivity contribution >= 4 is 23.8 Å². The van der Waals surface area contributed by atoms with Crippen LogP contribution in [-0.2, 0) is 0 Å². The number of H-pyrrole nitrogens is 1. The van der Waals surface area contributed by atoms with Crippen LogP contribution in [0.15, 0.2) is 54.9 Å². The van der Waals surface area contributed by atoms with E-state index in [0.717, 1.165) is 17.2 Å². The minimum Gasteiger partial charge on any atom is -0.325 e. The van der Waals surface area contributed by atoms with Gasteiger partial charge in [0.25, 0.3) is 0 Å². The van der Waals surface area contributed by atoms with Crippen molar-refractivity contribution in [2.45, 2.75) is 0 Å². The Balaban J connectivity index is 1.76. The highest BCUT2D eigenvalue weighted by Crippen LogP contribution is 2.11. The summed E-state index contributed by atoms with van der Waals surface area (Å²) >= 11 is 0. The molecule has 5 heteroatoms.